The molecule has 0 unspecified atom stereocenters. The van der Waals surface area contributed by atoms with Crippen LogP contribution in [0.4, 0.5) is 0 Å². The molecule has 0 fully saturated rings. The number of hydrogen-bond donors (Lipinski definition) is 1. The monoisotopic (exact) mass is 432 g/mol. The molecule has 1 N–H and O–H groups in total. The van der Waals surface area contributed by atoms with Gasteiger partial charge in [-0.15, -0.1) is 0 Å². The Morgan fingerprint density at radius 3 is 2.48 bits per heavy atom. The Balaban J connectivity index is 1.52. The lowest BCUT2D eigenvalue weighted by Crippen LogP contribution is -2.27. The van der Waals surface area contributed by atoms with E-state index in [4.69, 9.17) is 16.6 Å². The number of aromatic nitrogens is 1. The SMILES string of the molecule is CCc1cccc(CC)c1-c1cc(Cl)c(CCN[C@H]2CCCc3ccccc32)c(C)n1. The van der Waals surface area contributed by atoms with Gasteiger partial charge in [0.1, 0.15) is 0 Å². The van der Waals surface area contributed by atoms with Crippen LogP contribution in [-0.4, -0.2) is 11.5 Å². The molecule has 162 valence electrons. The Hall–Kier alpha value is -2.16. The second-order valence-corrected chi connectivity index (χ2v) is 8.97. The van der Waals surface area contributed by atoms with Crippen molar-refractivity contribution in [2.24, 2.45) is 0 Å². The van der Waals surface area contributed by atoms with Gasteiger partial charge in [-0.2, -0.15) is 0 Å². The highest BCUT2D eigenvalue weighted by Crippen LogP contribution is 2.32. The number of fused-ring (bicyclic) bond motifs is 1. The van der Waals surface area contributed by atoms with Gasteiger partial charge in [-0.1, -0.05) is 67.9 Å². The minimum absolute atomic E-state index is 0.444. The van der Waals surface area contributed by atoms with Gasteiger partial charge < -0.3 is 5.32 Å². The minimum atomic E-state index is 0.444. The van der Waals surface area contributed by atoms with E-state index in [1.807, 2.05) is 0 Å². The first-order chi connectivity index (χ1) is 15.1. The Morgan fingerprint density at radius 2 is 1.77 bits per heavy atom. The number of benzene rings is 2. The fourth-order valence-electron chi connectivity index (χ4n) is 5.00. The molecule has 3 aromatic rings. The van der Waals surface area contributed by atoms with Gasteiger partial charge in [0.25, 0.3) is 0 Å². The zero-order valence-electron chi connectivity index (χ0n) is 19.0. The highest BCUT2D eigenvalue weighted by atomic mass is 35.5. The third-order valence-corrected chi connectivity index (χ3v) is 7.00. The van der Waals surface area contributed by atoms with E-state index < -0.39 is 0 Å². The quantitative estimate of drug-likeness (QED) is 0.432. The maximum Gasteiger partial charge on any atom is 0.0725 e. The summed E-state index contributed by atoms with van der Waals surface area (Å²) >= 11 is 6.81. The van der Waals surface area contributed by atoms with Gasteiger partial charge >= 0.3 is 0 Å². The summed E-state index contributed by atoms with van der Waals surface area (Å²) in [6, 6.07) is 17.9. The maximum absolute atomic E-state index is 6.81. The van der Waals surface area contributed by atoms with E-state index in [1.54, 1.807) is 0 Å². The minimum Gasteiger partial charge on any atom is -0.310 e. The van der Waals surface area contributed by atoms with Crippen molar-refractivity contribution in [3.05, 3.63) is 87.1 Å². The van der Waals surface area contributed by atoms with E-state index in [0.29, 0.717) is 6.04 Å². The molecule has 2 aromatic carbocycles. The fourth-order valence-corrected chi connectivity index (χ4v) is 5.33. The summed E-state index contributed by atoms with van der Waals surface area (Å²) in [6.45, 7) is 7.42. The van der Waals surface area contributed by atoms with Crippen molar-refractivity contribution in [2.75, 3.05) is 6.54 Å². The predicted octanol–water partition coefficient (Wildman–Crippen LogP) is 7.04. The Bertz CT molecular complexity index is 1010. The lowest BCUT2D eigenvalue weighted by molar-refractivity contribution is 0.462. The number of aryl methyl sites for hydroxylation is 4. The summed E-state index contributed by atoms with van der Waals surface area (Å²) in [5.41, 5.74) is 10.1. The van der Waals surface area contributed by atoms with Crippen LogP contribution in [0.25, 0.3) is 11.3 Å². The summed E-state index contributed by atoms with van der Waals surface area (Å²) in [5, 5.41) is 4.61. The highest BCUT2D eigenvalue weighted by molar-refractivity contribution is 6.31. The normalized spacial score (nSPS) is 15.7. The van der Waals surface area contributed by atoms with E-state index in [2.05, 4.69) is 74.6 Å². The van der Waals surface area contributed by atoms with Crippen LogP contribution in [0, 0.1) is 6.92 Å². The van der Waals surface area contributed by atoms with Crippen LogP contribution in [0.3, 0.4) is 0 Å². The molecule has 0 bridgehead atoms. The molecule has 0 amide bonds. The predicted molar refractivity (Wildman–Crippen MR) is 132 cm³/mol. The van der Waals surface area contributed by atoms with Crippen molar-refractivity contribution < 1.29 is 0 Å². The van der Waals surface area contributed by atoms with Crippen LogP contribution in [0.15, 0.2) is 48.5 Å². The van der Waals surface area contributed by atoms with Gasteiger partial charge in [-0.3, -0.25) is 4.98 Å². The lowest BCUT2D eigenvalue weighted by Gasteiger charge is -2.26. The molecule has 0 saturated carbocycles. The molecular formula is C28H33ClN2. The summed E-state index contributed by atoms with van der Waals surface area (Å²) in [5.74, 6) is 0. The highest BCUT2D eigenvalue weighted by Gasteiger charge is 2.20. The summed E-state index contributed by atoms with van der Waals surface area (Å²) in [7, 11) is 0. The van der Waals surface area contributed by atoms with Crippen molar-refractivity contribution in [1.29, 1.82) is 0 Å². The van der Waals surface area contributed by atoms with E-state index in [9.17, 15) is 0 Å². The molecule has 1 aliphatic carbocycles. The van der Waals surface area contributed by atoms with Crippen molar-refractivity contribution in [3.8, 4) is 11.3 Å². The first-order valence-corrected chi connectivity index (χ1v) is 12.1. The molecule has 0 aliphatic heterocycles. The van der Waals surface area contributed by atoms with Crippen LogP contribution in [0.1, 0.15) is 66.2 Å². The molecule has 3 heteroatoms. The van der Waals surface area contributed by atoms with Crippen LogP contribution in [-0.2, 0) is 25.7 Å². The molecule has 31 heavy (non-hydrogen) atoms. The average molecular weight is 433 g/mol. The zero-order valence-corrected chi connectivity index (χ0v) is 19.7. The first-order valence-electron chi connectivity index (χ1n) is 11.7. The smallest absolute Gasteiger partial charge is 0.0725 e. The molecule has 1 aromatic heterocycles. The van der Waals surface area contributed by atoms with E-state index in [1.165, 1.54) is 47.1 Å². The van der Waals surface area contributed by atoms with Gasteiger partial charge in [0.05, 0.1) is 5.69 Å². The Labute approximate surface area is 192 Å². The molecule has 1 atom stereocenters. The third-order valence-electron chi connectivity index (χ3n) is 6.67. The standard InChI is InChI=1S/C28H33ClN2/c1-4-20-11-8-12-21(5-2)28(20)27-18-25(29)23(19(3)31-27)16-17-30-26-15-9-13-22-10-6-7-14-24(22)26/h6-8,10-12,14,18,26,30H,4-5,9,13,15-17H2,1-3H3/t26-/m0/s1. The molecule has 2 nitrogen and oxygen atoms in total. The largest absolute Gasteiger partial charge is 0.310 e. The Kier molecular flexibility index (Phi) is 7.09. The average Bonchev–Trinajstić information content (AvgIpc) is 2.80. The third kappa shape index (κ3) is 4.71. The second kappa shape index (κ2) is 9.97. The number of nitrogens with one attached hydrogen (secondary N) is 1. The number of hydrogen-bond acceptors (Lipinski definition) is 2. The number of nitrogens with zero attached hydrogens (tertiary/aromatic N) is 1. The van der Waals surface area contributed by atoms with Crippen LogP contribution < -0.4 is 5.32 Å². The van der Waals surface area contributed by atoms with Crippen molar-refractivity contribution in [1.82, 2.24) is 10.3 Å². The maximum atomic E-state index is 6.81. The fraction of sp³-hybridized carbons (Fsp3) is 0.393. The van der Waals surface area contributed by atoms with Crippen LogP contribution in [0.5, 0.6) is 0 Å². The van der Waals surface area contributed by atoms with Gasteiger partial charge in [0.2, 0.25) is 0 Å². The van der Waals surface area contributed by atoms with E-state index >= 15 is 0 Å². The van der Waals surface area contributed by atoms with Crippen molar-refractivity contribution in [2.45, 2.75) is 65.3 Å². The first kappa shape index (κ1) is 22.0. The molecule has 0 saturated heterocycles. The summed E-state index contributed by atoms with van der Waals surface area (Å²) in [6.07, 6.45) is 6.54. The van der Waals surface area contributed by atoms with Crippen LogP contribution >= 0.6 is 11.6 Å². The topological polar surface area (TPSA) is 24.9 Å². The van der Waals surface area contributed by atoms with Crippen LogP contribution in [0.2, 0.25) is 5.02 Å². The molecular weight excluding hydrogens is 400 g/mol. The number of halogens is 1. The molecule has 0 radical (unpaired) electrons. The second-order valence-electron chi connectivity index (χ2n) is 8.56. The zero-order chi connectivity index (χ0) is 21.8. The molecule has 1 aliphatic rings. The van der Waals surface area contributed by atoms with E-state index in [0.717, 1.165) is 47.8 Å². The van der Waals surface area contributed by atoms with Crippen molar-refractivity contribution >= 4 is 11.6 Å². The molecule has 4 rings (SSSR count). The number of rotatable bonds is 7. The molecule has 1 heterocycles. The number of pyridine rings is 1. The van der Waals surface area contributed by atoms with E-state index in [-0.39, 0.29) is 0 Å². The van der Waals surface area contributed by atoms with Gasteiger partial charge in [-0.05, 0) is 85.9 Å². The summed E-state index contributed by atoms with van der Waals surface area (Å²) in [4.78, 5) is 5.01. The van der Waals surface area contributed by atoms with Gasteiger partial charge in [0, 0.05) is 22.3 Å². The van der Waals surface area contributed by atoms with Gasteiger partial charge in [0.15, 0.2) is 0 Å². The Morgan fingerprint density at radius 1 is 1.03 bits per heavy atom. The lowest BCUT2D eigenvalue weighted by atomic mass is 9.87. The summed E-state index contributed by atoms with van der Waals surface area (Å²) < 4.78 is 0. The molecule has 0 spiro atoms. The van der Waals surface area contributed by atoms with Gasteiger partial charge in [-0.25, -0.2) is 0 Å². The van der Waals surface area contributed by atoms with Crippen molar-refractivity contribution in [3.63, 3.8) is 0 Å².